The Morgan fingerprint density at radius 1 is 1.58 bits per heavy atom. The summed E-state index contributed by atoms with van der Waals surface area (Å²) in [4.78, 5) is 20.8. The van der Waals surface area contributed by atoms with Crippen LogP contribution >= 0.6 is 0 Å². The van der Waals surface area contributed by atoms with E-state index < -0.39 is 24.0 Å². The molecule has 5 heteroatoms. The second kappa shape index (κ2) is 3.51. The average molecular weight is 177 g/mol. The van der Waals surface area contributed by atoms with Crippen LogP contribution in [-0.4, -0.2) is 22.7 Å². The molecule has 1 amide bonds. The van der Waals surface area contributed by atoms with Crippen LogP contribution in [0.25, 0.3) is 0 Å². The number of nitrogens with two attached hydrogens (primary N) is 1. The first-order valence-electron chi connectivity index (χ1n) is 3.53. The van der Waals surface area contributed by atoms with Gasteiger partial charge < -0.3 is 10.8 Å². The minimum Gasteiger partial charge on any atom is -0.478 e. The van der Waals surface area contributed by atoms with Gasteiger partial charge in [-0.25, -0.2) is 9.18 Å². The molecule has 0 heterocycles. The lowest BCUT2D eigenvalue weighted by molar-refractivity contribution is -0.158. The van der Waals surface area contributed by atoms with E-state index in [1.807, 2.05) is 0 Å². The SMILES string of the molecule is CC(C)C[C@](F)(C(N)=O)C(=O)O. The highest BCUT2D eigenvalue weighted by Gasteiger charge is 2.45. The molecule has 0 aromatic heterocycles. The van der Waals surface area contributed by atoms with E-state index >= 15 is 0 Å². The van der Waals surface area contributed by atoms with E-state index in [9.17, 15) is 14.0 Å². The van der Waals surface area contributed by atoms with Gasteiger partial charge in [0.05, 0.1) is 0 Å². The number of carbonyl (C=O) groups is 2. The number of alkyl halides is 1. The summed E-state index contributed by atoms with van der Waals surface area (Å²) in [5.41, 5.74) is 1.70. The van der Waals surface area contributed by atoms with Gasteiger partial charge >= 0.3 is 5.97 Å². The zero-order valence-corrected chi connectivity index (χ0v) is 7.00. The van der Waals surface area contributed by atoms with Crippen molar-refractivity contribution in [1.29, 1.82) is 0 Å². The van der Waals surface area contributed by atoms with Gasteiger partial charge in [-0.15, -0.1) is 0 Å². The Kier molecular flexibility index (Phi) is 3.18. The molecule has 0 fully saturated rings. The molecule has 3 N–H and O–H groups in total. The fourth-order valence-corrected chi connectivity index (χ4v) is 0.856. The maximum Gasteiger partial charge on any atom is 0.351 e. The van der Waals surface area contributed by atoms with Crippen LogP contribution in [0.5, 0.6) is 0 Å². The third-order valence-electron chi connectivity index (χ3n) is 1.42. The summed E-state index contributed by atoms with van der Waals surface area (Å²) in [5, 5.41) is 8.38. The van der Waals surface area contributed by atoms with Crippen molar-refractivity contribution >= 4 is 11.9 Å². The van der Waals surface area contributed by atoms with Gasteiger partial charge in [-0.1, -0.05) is 13.8 Å². The molecule has 0 aliphatic rings. The molecule has 12 heavy (non-hydrogen) atoms. The van der Waals surface area contributed by atoms with Gasteiger partial charge in [0, 0.05) is 6.42 Å². The second-order valence-corrected chi connectivity index (χ2v) is 3.07. The Balaban J connectivity index is 4.63. The van der Waals surface area contributed by atoms with Crippen molar-refractivity contribution in [3.05, 3.63) is 0 Å². The topological polar surface area (TPSA) is 80.4 Å². The zero-order valence-electron chi connectivity index (χ0n) is 7.00. The van der Waals surface area contributed by atoms with Crippen LogP contribution in [0.1, 0.15) is 20.3 Å². The minimum absolute atomic E-state index is 0.237. The Hall–Kier alpha value is -1.13. The van der Waals surface area contributed by atoms with E-state index in [0.717, 1.165) is 0 Å². The number of primary amides is 1. The molecule has 0 saturated heterocycles. The molecule has 0 rings (SSSR count). The van der Waals surface area contributed by atoms with E-state index in [0.29, 0.717) is 0 Å². The third-order valence-corrected chi connectivity index (χ3v) is 1.42. The molecule has 0 bridgehead atoms. The summed E-state index contributed by atoms with van der Waals surface area (Å²) in [7, 11) is 0. The number of carboxylic acids is 1. The minimum atomic E-state index is -2.92. The lowest BCUT2D eigenvalue weighted by Gasteiger charge is -2.18. The highest BCUT2D eigenvalue weighted by Crippen LogP contribution is 2.21. The van der Waals surface area contributed by atoms with Gasteiger partial charge in [-0.2, -0.15) is 0 Å². The van der Waals surface area contributed by atoms with Crippen LogP contribution in [0.15, 0.2) is 0 Å². The largest absolute Gasteiger partial charge is 0.478 e. The number of aliphatic carboxylic acids is 1. The van der Waals surface area contributed by atoms with E-state index in [4.69, 9.17) is 5.11 Å². The smallest absolute Gasteiger partial charge is 0.351 e. The molecule has 0 saturated carbocycles. The second-order valence-electron chi connectivity index (χ2n) is 3.07. The van der Waals surface area contributed by atoms with Gasteiger partial charge in [0.15, 0.2) is 0 Å². The standard InChI is InChI=1S/C7H12FNO3/c1-4(2)3-7(8,5(9)10)6(11)12/h4H,3H2,1-2H3,(H2,9,10)(H,11,12)/t7-/m0/s1. The summed E-state index contributed by atoms with van der Waals surface area (Å²) < 4.78 is 13.2. The van der Waals surface area contributed by atoms with Crippen molar-refractivity contribution in [2.75, 3.05) is 0 Å². The normalized spacial score (nSPS) is 15.7. The quantitative estimate of drug-likeness (QED) is 0.606. The number of rotatable bonds is 4. The van der Waals surface area contributed by atoms with Gasteiger partial charge in [-0.3, -0.25) is 4.79 Å². The molecule has 1 atom stereocenters. The van der Waals surface area contributed by atoms with Crippen molar-refractivity contribution in [2.24, 2.45) is 11.7 Å². The predicted octanol–water partition coefficient (Wildman–Crippen LogP) is 0.311. The molecular formula is C7H12FNO3. The Morgan fingerprint density at radius 3 is 2.08 bits per heavy atom. The van der Waals surface area contributed by atoms with E-state index in [-0.39, 0.29) is 5.92 Å². The summed E-state index contributed by atoms with van der Waals surface area (Å²) in [5.74, 6) is -3.49. The molecule has 0 aliphatic heterocycles. The van der Waals surface area contributed by atoms with E-state index in [1.54, 1.807) is 13.8 Å². The molecule has 0 aromatic carbocycles. The highest BCUT2D eigenvalue weighted by molar-refractivity contribution is 6.04. The van der Waals surface area contributed by atoms with Crippen LogP contribution in [-0.2, 0) is 9.59 Å². The van der Waals surface area contributed by atoms with Crippen molar-refractivity contribution in [1.82, 2.24) is 0 Å². The Morgan fingerprint density at radius 2 is 2.00 bits per heavy atom. The summed E-state index contributed by atoms with van der Waals surface area (Å²) in [6.07, 6.45) is -0.391. The zero-order chi connectivity index (χ0) is 9.94. The van der Waals surface area contributed by atoms with Crippen molar-refractivity contribution < 1.29 is 19.1 Å². The van der Waals surface area contributed by atoms with E-state index in [1.165, 1.54) is 0 Å². The molecular weight excluding hydrogens is 165 g/mol. The lowest BCUT2D eigenvalue weighted by atomic mass is 9.94. The molecule has 4 nitrogen and oxygen atoms in total. The number of amides is 1. The lowest BCUT2D eigenvalue weighted by Crippen LogP contribution is -2.47. The number of halogens is 1. The predicted molar refractivity (Wildman–Crippen MR) is 40.1 cm³/mol. The van der Waals surface area contributed by atoms with Crippen LogP contribution < -0.4 is 5.73 Å². The Labute approximate surface area is 69.6 Å². The molecule has 70 valence electrons. The molecule has 0 spiro atoms. The molecule has 0 unspecified atom stereocenters. The van der Waals surface area contributed by atoms with Gasteiger partial charge in [-0.05, 0) is 5.92 Å². The van der Waals surface area contributed by atoms with E-state index in [2.05, 4.69) is 5.73 Å². The summed E-state index contributed by atoms with van der Waals surface area (Å²) >= 11 is 0. The maximum atomic E-state index is 13.2. The van der Waals surface area contributed by atoms with Crippen LogP contribution in [0.3, 0.4) is 0 Å². The van der Waals surface area contributed by atoms with Crippen molar-refractivity contribution in [2.45, 2.75) is 25.9 Å². The number of carbonyl (C=O) groups excluding carboxylic acids is 1. The van der Waals surface area contributed by atoms with Gasteiger partial charge in [0.1, 0.15) is 0 Å². The molecule has 0 aromatic rings. The first kappa shape index (κ1) is 10.9. The first-order chi connectivity index (χ1) is 5.30. The van der Waals surface area contributed by atoms with Gasteiger partial charge in [0.25, 0.3) is 11.6 Å². The number of carboxylic acid groups (broad SMARTS) is 1. The molecule has 0 aliphatic carbocycles. The van der Waals surface area contributed by atoms with Crippen molar-refractivity contribution in [3.63, 3.8) is 0 Å². The van der Waals surface area contributed by atoms with Crippen LogP contribution in [0.4, 0.5) is 4.39 Å². The average Bonchev–Trinajstić information content (AvgIpc) is 1.84. The highest BCUT2D eigenvalue weighted by atomic mass is 19.1. The van der Waals surface area contributed by atoms with Crippen LogP contribution in [0, 0.1) is 5.92 Å². The maximum absolute atomic E-state index is 13.2. The van der Waals surface area contributed by atoms with Gasteiger partial charge in [0.2, 0.25) is 0 Å². The van der Waals surface area contributed by atoms with Crippen LogP contribution in [0.2, 0.25) is 0 Å². The fraction of sp³-hybridized carbons (Fsp3) is 0.714. The third kappa shape index (κ3) is 2.18. The number of hydrogen-bond donors (Lipinski definition) is 2. The summed E-state index contributed by atoms with van der Waals surface area (Å²) in [6.45, 7) is 3.22. The Bertz CT molecular complexity index is 189. The van der Waals surface area contributed by atoms with Crippen molar-refractivity contribution in [3.8, 4) is 0 Å². The number of hydrogen-bond acceptors (Lipinski definition) is 2. The monoisotopic (exact) mass is 177 g/mol. The molecule has 0 radical (unpaired) electrons. The fourth-order valence-electron chi connectivity index (χ4n) is 0.856. The summed E-state index contributed by atoms with van der Waals surface area (Å²) in [6, 6.07) is 0. The first-order valence-corrected chi connectivity index (χ1v) is 3.53.